The Morgan fingerprint density at radius 2 is 1.79 bits per heavy atom. The first-order valence-corrected chi connectivity index (χ1v) is 5.71. The Bertz CT molecular complexity index is 410. The van der Waals surface area contributed by atoms with E-state index in [9.17, 15) is 13.6 Å². The summed E-state index contributed by atoms with van der Waals surface area (Å²) in [6, 6.07) is 9.03. The normalized spacial score (nSPS) is 11.6. The van der Waals surface area contributed by atoms with E-state index in [0.717, 1.165) is 5.56 Å². The fraction of sp³-hybridized carbons (Fsp3) is 0.462. The predicted molar refractivity (Wildman–Crippen MR) is 73.7 cm³/mol. The predicted octanol–water partition coefficient (Wildman–Crippen LogP) is 2.10. The molecule has 0 heterocycles. The molecular formula is C13H19ClF2N2O. The van der Waals surface area contributed by atoms with Crippen LogP contribution in [0.4, 0.5) is 8.78 Å². The molecule has 0 aromatic heterocycles. The zero-order valence-corrected chi connectivity index (χ0v) is 11.8. The molecule has 0 aliphatic heterocycles. The van der Waals surface area contributed by atoms with Gasteiger partial charge in [-0.3, -0.25) is 4.79 Å². The zero-order chi connectivity index (χ0) is 13.8. The molecule has 3 nitrogen and oxygen atoms in total. The van der Waals surface area contributed by atoms with Gasteiger partial charge in [-0.05, 0) is 19.4 Å². The van der Waals surface area contributed by atoms with Crippen molar-refractivity contribution in [2.45, 2.75) is 25.2 Å². The van der Waals surface area contributed by atoms with E-state index in [1.54, 1.807) is 38.1 Å². The van der Waals surface area contributed by atoms with Crippen molar-refractivity contribution in [3.05, 3.63) is 35.9 Å². The Morgan fingerprint density at radius 1 is 1.26 bits per heavy atom. The van der Waals surface area contributed by atoms with Crippen LogP contribution in [-0.2, 0) is 10.2 Å². The summed E-state index contributed by atoms with van der Waals surface area (Å²) < 4.78 is 25.9. The number of carbonyl (C=O) groups is 1. The van der Waals surface area contributed by atoms with Crippen molar-refractivity contribution in [3.63, 3.8) is 0 Å². The molecule has 0 unspecified atom stereocenters. The molecule has 0 aliphatic carbocycles. The zero-order valence-electron chi connectivity index (χ0n) is 11.0. The Labute approximate surface area is 118 Å². The van der Waals surface area contributed by atoms with Crippen LogP contribution in [0.3, 0.4) is 0 Å². The molecule has 1 rings (SSSR count). The van der Waals surface area contributed by atoms with Crippen LogP contribution in [0.5, 0.6) is 0 Å². The van der Waals surface area contributed by atoms with Crippen LogP contribution < -0.4 is 11.1 Å². The number of alkyl halides is 2. The summed E-state index contributed by atoms with van der Waals surface area (Å²) in [7, 11) is 0. The summed E-state index contributed by atoms with van der Waals surface area (Å²) in [6.45, 7) is 1.87. The lowest BCUT2D eigenvalue weighted by molar-refractivity contribution is -0.127. The van der Waals surface area contributed by atoms with Crippen LogP contribution in [0.25, 0.3) is 0 Å². The molecule has 108 valence electrons. The van der Waals surface area contributed by atoms with E-state index in [2.05, 4.69) is 5.32 Å². The molecule has 3 N–H and O–H groups in total. The Kier molecular flexibility index (Phi) is 6.39. The Balaban J connectivity index is 0.00000324. The summed E-state index contributed by atoms with van der Waals surface area (Å²) >= 11 is 0. The van der Waals surface area contributed by atoms with Gasteiger partial charge in [-0.1, -0.05) is 30.3 Å². The number of rotatable bonds is 5. The van der Waals surface area contributed by atoms with Crippen molar-refractivity contribution >= 4 is 18.3 Å². The van der Waals surface area contributed by atoms with Gasteiger partial charge < -0.3 is 11.1 Å². The van der Waals surface area contributed by atoms with Crippen molar-refractivity contribution in [2.24, 2.45) is 5.73 Å². The summed E-state index contributed by atoms with van der Waals surface area (Å²) in [5.74, 6) is -3.51. The van der Waals surface area contributed by atoms with Gasteiger partial charge in [0.05, 0.1) is 18.5 Å². The molecule has 1 aromatic carbocycles. The minimum atomic E-state index is -3.07. The van der Waals surface area contributed by atoms with Gasteiger partial charge in [0.1, 0.15) is 0 Å². The van der Waals surface area contributed by atoms with Crippen LogP contribution in [0, 0.1) is 0 Å². The number of hydrogen-bond acceptors (Lipinski definition) is 2. The molecule has 19 heavy (non-hydrogen) atoms. The number of nitrogens with two attached hydrogens (primary N) is 1. The average molecular weight is 293 g/mol. The molecule has 6 heteroatoms. The Morgan fingerprint density at radius 3 is 2.26 bits per heavy atom. The maximum atomic E-state index is 13.0. The number of hydrogen-bond donors (Lipinski definition) is 2. The van der Waals surface area contributed by atoms with Crippen molar-refractivity contribution < 1.29 is 13.6 Å². The number of halogens is 3. The largest absolute Gasteiger partial charge is 0.349 e. The highest BCUT2D eigenvalue weighted by Gasteiger charge is 2.33. The minimum absolute atomic E-state index is 0. The van der Waals surface area contributed by atoms with Gasteiger partial charge in [0.25, 0.3) is 5.92 Å². The van der Waals surface area contributed by atoms with E-state index in [-0.39, 0.29) is 12.4 Å². The highest BCUT2D eigenvalue weighted by Crippen LogP contribution is 2.23. The molecule has 0 fully saturated rings. The topological polar surface area (TPSA) is 55.1 Å². The average Bonchev–Trinajstić information content (AvgIpc) is 2.37. The first-order valence-electron chi connectivity index (χ1n) is 5.71. The van der Waals surface area contributed by atoms with E-state index >= 15 is 0 Å². The standard InChI is InChI=1S/C13H18F2N2O.ClH/c1-12(2,10-6-4-3-5-7-10)11(18)17-9-13(14,15)8-16;/h3-7H,8-9,16H2,1-2H3,(H,17,18);1H. The van der Waals surface area contributed by atoms with E-state index in [4.69, 9.17) is 5.73 Å². The monoisotopic (exact) mass is 292 g/mol. The maximum Gasteiger partial charge on any atom is 0.277 e. The quantitative estimate of drug-likeness (QED) is 0.873. The van der Waals surface area contributed by atoms with Gasteiger partial charge in [0.2, 0.25) is 5.91 Å². The van der Waals surface area contributed by atoms with Crippen molar-refractivity contribution in [1.29, 1.82) is 0 Å². The van der Waals surface area contributed by atoms with Gasteiger partial charge in [-0.2, -0.15) is 0 Å². The van der Waals surface area contributed by atoms with Crippen LogP contribution >= 0.6 is 12.4 Å². The molecule has 0 saturated heterocycles. The SMILES string of the molecule is CC(C)(C(=O)NCC(F)(F)CN)c1ccccc1.Cl. The minimum Gasteiger partial charge on any atom is -0.349 e. The first kappa shape index (κ1) is 17.8. The van der Waals surface area contributed by atoms with E-state index < -0.39 is 30.3 Å². The second-order valence-corrected chi connectivity index (χ2v) is 4.73. The van der Waals surface area contributed by atoms with Gasteiger partial charge >= 0.3 is 0 Å². The van der Waals surface area contributed by atoms with Gasteiger partial charge in [-0.25, -0.2) is 8.78 Å². The van der Waals surface area contributed by atoms with Crippen LogP contribution in [-0.4, -0.2) is 24.9 Å². The molecule has 0 radical (unpaired) electrons. The number of amides is 1. The molecule has 1 amide bonds. The lowest BCUT2D eigenvalue weighted by Crippen LogP contribution is -2.47. The third kappa shape index (κ3) is 4.76. The number of nitrogens with one attached hydrogen (secondary N) is 1. The summed E-state index contributed by atoms with van der Waals surface area (Å²) in [5.41, 5.74) is 4.83. The lowest BCUT2D eigenvalue weighted by Gasteiger charge is -2.25. The molecule has 0 atom stereocenters. The van der Waals surface area contributed by atoms with Gasteiger partial charge in [0.15, 0.2) is 0 Å². The third-order valence-electron chi connectivity index (χ3n) is 2.87. The van der Waals surface area contributed by atoms with Crippen LogP contribution in [0.15, 0.2) is 30.3 Å². The van der Waals surface area contributed by atoms with Crippen molar-refractivity contribution in [2.75, 3.05) is 13.1 Å². The molecule has 0 saturated carbocycles. The van der Waals surface area contributed by atoms with Crippen molar-refractivity contribution in [3.8, 4) is 0 Å². The van der Waals surface area contributed by atoms with Gasteiger partial charge in [0, 0.05) is 0 Å². The first-order chi connectivity index (χ1) is 8.29. The fourth-order valence-electron chi connectivity index (χ4n) is 1.49. The maximum absolute atomic E-state index is 13.0. The third-order valence-corrected chi connectivity index (χ3v) is 2.87. The highest BCUT2D eigenvalue weighted by atomic mass is 35.5. The van der Waals surface area contributed by atoms with E-state index in [1.165, 1.54) is 0 Å². The molecule has 1 aromatic rings. The summed E-state index contributed by atoms with van der Waals surface area (Å²) in [5, 5.41) is 2.24. The molecule has 0 aliphatic rings. The number of carbonyl (C=O) groups excluding carboxylic acids is 1. The van der Waals surface area contributed by atoms with Crippen LogP contribution in [0.1, 0.15) is 19.4 Å². The lowest BCUT2D eigenvalue weighted by atomic mass is 9.84. The molecule has 0 bridgehead atoms. The van der Waals surface area contributed by atoms with Crippen molar-refractivity contribution in [1.82, 2.24) is 5.32 Å². The number of benzene rings is 1. The van der Waals surface area contributed by atoms with E-state index in [1.807, 2.05) is 6.07 Å². The smallest absolute Gasteiger partial charge is 0.277 e. The highest BCUT2D eigenvalue weighted by molar-refractivity contribution is 5.87. The second-order valence-electron chi connectivity index (χ2n) is 4.73. The summed E-state index contributed by atoms with van der Waals surface area (Å²) in [6.07, 6.45) is 0. The van der Waals surface area contributed by atoms with Crippen LogP contribution in [0.2, 0.25) is 0 Å². The molecule has 0 spiro atoms. The van der Waals surface area contributed by atoms with Gasteiger partial charge in [-0.15, -0.1) is 12.4 Å². The second kappa shape index (κ2) is 6.82. The molecular weight excluding hydrogens is 274 g/mol. The van der Waals surface area contributed by atoms with E-state index in [0.29, 0.717) is 0 Å². The Hall–Kier alpha value is -1.20. The summed E-state index contributed by atoms with van der Waals surface area (Å²) in [4.78, 5) is 11.9. The fourth-order valence-corrected chi connectivity index (χ4v) is 1.49.